The van der Waals surface area contributed by atoms with E-state index in [1.54, 1.807) is 0 Å². The minimum Gasteiger partial charge on any atom is -0.327 e. The molecule has 0 aliphatic heterocycles. The third-order valence-electron chi connectivity index (χ3n) is 3.80. The van der Waals surface area contributed by atoms with E-state index in [4.69, 9.17) is 28.9 Å². The average Bonchev–Trinajstić information content (AvgIpc) is 2.70. The quantitative estimate of drug-likeness (QED) is 0.872. The van der Waals surface area contributed by atoms with Crippen molar-refractivity contribution in [2.45, 2.75) is 38.6 Å². The van der Waals surface area contributed by atoms with Crippen LogP contribution in [-0.2, 0) is 6.42 Å². The molecule has 1 aromatic rings. The zero-order valence-corrected chi connectivity index (χ0v) is 11.6. The maximum absolute atomic E-state index is 6.29. The van der Waals surface area contributed by atoms with E-state index in [0.717, 1.165) is 27.9 Å². The Morgan fingerprint density at radius 1 is 1.35 bits per heavy atom. The molecule has 2 N–H and O–H groups in total. The monoisotopic (exact) mass is 271 g/mol. The predicted octanol–water partition coefficient (Wildman–Crippen LogP) is 4.30. The molecule has 1 fully saturated rings. The molecular formula is C14H19Cl2N. The van der Waals surface area contributed by atoms with Gasteiger partial charge < -0.3 is 5.73 Å². The second-order valence-electron chi connectivity index (χ2n) is 5.28. The minimum absolute atomic E-state index is 0.205. The van der Waals surface area contributed by atoms with Crippen LogP contribution in [0.5, 0.6) is 0 Å². The molecule has 17 heavy (non-hydrogen) atoms. The molecule has 1 saturated carbocycles. The van der Waals surface area contributed by atoms with Crippen LogP contribution >= 0.6 is 23.2 Å². The van der Waals surface area contributed by atoms with E-state index >= 15 is 0 Å². The van der Waals surface area contributed by atoms with E-state index in [9.17, 15) is 0 Å². The Morgan fingerprint density at radius 2 is 2.12 bits per heavy atom. The van der Waals surface area contributed by atoms with E-state index in [-0.39, 0.29) is 6.04 Å². The van der Waals surface area contributed by atoms with E-state index in [1.165, 1.54) is 19.3 Å². The van der Waals surface area contributed by atoms with Gasteiger partial charge in [-0.3, -0.25) is 0 Å². The summed E-state index contributed by atoms with van der Waals surface area (Å²) in [6, 6.07) is 5.80. The van der Waals surface area contributed by atoms with Gasteiger partial charge in [0.05, 0.1) is 0 Å². The van der Waals surface area contributed by atoms with E-state index in [0.29, 0.717) is 5.92 Å². The molecule has 3 heteroatoms. The van der Waals surface area contributed by atoms with Crippen molar-refractivity contribution in [1.82, 2.24) is 0 Å². The lowest BCUT2D eigenvalue weighted by molar-refractivity contribution is 0.415. The molecule has 2 rings (SSSR count). The number of halogens is 2. The van der Waals surface area contributed by atoms with Crippen LogP contribution in [0.4, 0.5) is 0 Å². The summed E-state index contributed by atoms with van der Waals surface area (Å²) >= 11 is 12.1. The van der Waals surface area contributed by atoms with Crippen LogP contribution in [0.15, 0.2) is 18.2 Å². The number of rotatable bonds is 3. The van der Waals surface area contributed by atoms with Gasteiger partial charge in [0, 0.05) is 16.1 Å². The lowest BCUT2D eigenvalue weighted by atomic mass is 9.92. The third kappa shape index (κ3) is 3.37. The second-order valence-corrected chi connectivity index (χ2v) is 6.13. The van der Waals surface area contributed by atoms with Crippen molar-refractivity contribution < 1.29 is 0 Å². The van der Waals surface area contributed by atoms with Crippen LogP contribution in [0.25, 0.3) is 0 Å². The summed E-state index contributed by atoms with van der Waals surface area (Å²) in [5.74, 6) is 1.46. The summed E-state index contributed by atoms with van der Waals surface area (Å²) in [5, 5.41) is 1.51. The second kappa shape index (κ2) is 5.60. The number of hydrogen-bond acceptors (Lipinski definition) is 1. The SMILES string of the molecule is CC1CCC(C(N)Cc2cc(Cl)ccc2Cl)C1. The van der Waals surface area contributed by atoms with Gasteiger partial charge in [-0.05, 0) is 54.9 Å². The molecule has 1 aliphatic rings. The molecule has 0 saturated heterocycles. The summed E-state index contributed by atoms with van der Waals surface area (Å²) in [6.45, 7) is 2.30. The standard InChI is InChI=1S/C14H19Cl2N/c1-9-2-3-10(6-9)14(17)8-11-7-12(15)4-5-13(11)16/h4-5,7,9-10,14H,2-3,6,8,17H2,1H3. The van der Waals surface area contributed by atoms with Crippen molar-refractivity contribution >= 4 is 23.2 Å². The highest BCUT2D eigenvalue weighted by atomic mass is 35.5. The summed E-state index contributed by atoms with van der Waals surface area (Å²) in [6.07, 6.45) is 4.64. The zero-order chi connectivity index (χ0) is 12.4. The smallest absolute Gasteiger partial charge is 0.0439 e. The Kier molecular flexibility index (Phi) is 4.35. The van der Waals surface area contributed by atoms with Crippen molar-refractivity contribution in [3.63, 3.8) is 0 Å². The van der Waals surface area contributed by atoms with Gasteiger partial charge >= 0.3 is 0 Å². The molecule has 0 radical (unpaired) electrons. The molecule has 94 valence electrons. The van der Waals surface area contributed by atoms with Gasteiger partial charge in [-0.2, -0.15) is 0 Å². The molecule has 1 nitrogen and oxygen atoms in total. The molecule has 0 bridgehead atoms. The Morgan fingerprint density at radius 3 is 2.76 bits per heavy atom. The highest BCUT2D eigenvalue weighted by Gasteiger charge is 2.26. The number of hydrogen-bond donors (Lipinski definition) is 1. The van der Waals surface area contributed by atoms with Crippen molar-refractivity contribution in [3.05, 3.63) is 33.8 Å². The van der Waals surface area contributed by atoms with Crippen LogP contribution in [0.1, 0.15) is 31.7 Å². The summed E-state index contributed by atoms with van der Waals surface area (Å²) in [7, 11) is 0. The molecule has 0 amide bonds. The predicted molar refractivity (Wildman–Crippen MR) is 74.6 cm³/mol. The number of nitrogens with two attached hydrogens (primary N) is 1. The zero-order valence-electron chi connectivity index (χ0n) is 10.1. The van der Waals surface area contributed by atoms with Gasteiger partial charge in [0.25, 0.3) is 0 Å². The fourth-order valence-corrected chi connectivity index (χ4v) is 3.15. The Hall–Kier alpha value is -0.240. The first-order valence-corrected chi connectivity index (χ1v) is 7.01. The first kappa shape index (κ1) is 13.2. The fraction of sp³-hybridized carbons (Fsp3) is 0.571. The van der Waals surface area contributed by atoms with Crippen molar-refractivity contribution in [2.75, 3.05) is 0 Å². The minimum atomic E-state index is 0.205. The molecule has 1 aromatic carbocycles. The van der Waals surface area contributed by atoms with Crippen LogP contribution in [0, 0.1) is 11.8 Å². The fourth-order valence-electron chi connectivity index (χ4n) is 2.76. The Bertz CT molecular complexity index is 392. The molecule has 0 aromatic heterocycles. The summed E-state index contributed by atoms with van der Waals surface area (Å²) in [5.41, 5.74) is 7.37. The topological polar surface area (TPSA) is 26.0 Å². The van der Waals surface area contributed by atoms with Crippen LogP contribution < -0.4 is 5.73 Å². The van der Waals surface area contributed by atoms with Crippen LogP contribution in [0.3, 0.4) is 0 Å². The maximum Gasteiger partial charge on any atom is 0.0439 e. The molecule has 3 atom stereocenters. The maximum atomic E-state index is 6.29. The molecule has 0 spiro atoms. The normalized spacial score (nSPS) is 26.1. The summed E-state index contributed by atoms with van der Waals surface area (Å²) < 4.78 is 0. The van der Waals surface area contributed by atoms with Gasteiger partial charge in [-0.25, -0.2) is 0 Å². The van der Waals surface area contributed by atoms with Gasteiger partial charge in [0.1, 0.15) is 0 Å². The number of benzene rings is 1. The van der Waals surface area contributed by atoms with Crippen molar-refractivity contribution in [1.29, 1.82) is 0 Å². The highest BCUT2D eigenvalue weighted by molar-refractivity contribution is 6.33. The van der Waals surface area contributed by atoms with E-state index in [2.05, 4.69) is 6.92 Å². The lowest BCUT2D eigenvalue weighted by Crippen LogP contribution is -2.31. The summed E-state index contributed by atoms with van der Waals surface area (Å²) in [4.78, 5) is 0. The molecule has 1 aliphatic carbocycles. The molecule has 3 unspecified atom stereocenters. The molecule has 0 heterocycles. The highest BCUT2D eigenvalue weighted by Crippen LogP contribution is 2.33. The van der Waals surface area contributed by atoms with Crippen LogP contribution in [-0.4, -0.2) is 6.04 Å². The Labute approximate surface area is 113 Å². The van der Waals surface area contributed by atoms with Gasteiger partial charge in [0.15, 0.2) is 0 Å². The van der Waals surface area contributed by atoms with Gasteiger partial charge in [-0.15, -0.1) is 0 Å². The first-order chi connectivity index (χ1) is 8.06. The van der Waals surface area contributed by atoms with Gasteiger partial charge in [0.2, 0.25) is 0 Å². The Balaban J connectivity index is 2.02. The van der Waals surface area contributed by atoms with Crippen LogP contribution in [0.2, 0.25) is 10.0 Å². The third-order valence-corrected chi connectivity index (χ3v) is 4.41. The van der Waals surface area contributed by atoms with Crippen molar-refractivity contribution in [2.24, 2.45) is 17.6 Å². The molecular weight excluding hydrogens is 253 g/mol. The lowest BCUT2D eigenvalue weighted by Gasteiger charge is -2.19. The van der Waals surface area contributed by atoms with Crippen molar-refractivity contribution in [3.8, 4) is 0 Å². The average molecular weight is 272 g/mol. The van der Waals surface area contributed by atoms with E-state index in [1.807, 2.05) is 18.2 Å². The largest absolute Gasteiger partial charge is 0.327 e. The van der Waals surface area contributed by atoms with E-state index < -0.39 is 0 Å². The van der Waals surface area contributed by atoms with Gasteiger partial charge in [-0.1, -0.05) is 36.5 Å². The first-order valence-electron chi connectivity index (χ1n) is 6.25.